The number of aromatic nitrogens is 1. The minimum atomic E-state index is -1.96. The van der Waals surface area contributed by atoms with Crippen LogP contribution in [-0.2, 0) is 13.9 Å². The minimum Gasteiger partial charge on any atom is -0.416 e. The van der Waals surface area contributed by atoms with Crippen molar-refractivity contribution in [2.24, 2.45) is 0 Å². The van der Waals surface area contributed by atoms with Crippen molar-refractivity contribution in [3.63, 3.8) is 0 Å². The van der Waals surface area contributed by atoms with Gasteiger partial charge in [0.25, 0.3) is 5.24 Å². The molecule has 11 heteroatoms. The molecule has 3 heterocycles. The molecule has 0 bridgehead atoms. The van der Waals surface area contributed by atoms with Crippen molar-refractivity contribution in [2.75, 3.05) is 31.3 Å². The lowest BCUT2D eigenvalue weighted by atomic mass is 10.1. The monoisotopic (exact) mass is 472 g/mol. The van der Waals surface area contributed by atoms with Crippen molar-refractivity contribution in [1.29, 1.82) is 0 Å². The van der Waals surface area contributed by atoms with Crippen molar-refractivity contribution in [2.45, 2.75) is 50.4 Å². The first-order chi connectivity index (χ1) is 14.5. The first-order valence-corrected chi connectivity index (χ1v) is 13.9. The predicted octanol–water partition coefficient (Wildman–Crippen LogP) is 5.22. The van der Waals surface area contributed by atoms with E-state index in [1.807, 2.05) is 0 Å². The van der Waals surface area contributed by atoms with Crippen LogP contribution in [-0.4, -0.2) is 50.3 Å². The topological polar surface area (TPSA) is 74.0 Å². The summed E-state index contributed by atoms with van der Waals surface area (Å²) in [5.74, 6) is -2.13. The highest BCUT2D eigenvalue weighted by Crippen LogP contribution is 2.40. The lowest BCUT2D eigenvalue weighted by Crippen LogP contribution is -2.42. The average molecular weight is 473 g/mol. The summed E-state index contributed by atoms with van der Waals surface area (Å²) < 4.78 is 51.1. The molecule has 2 aliphatic heterocycles. The smallest absolute Gasteiger partial charge is 0.287 e. The molecule has 2 saturated heterocycles. The van der Waals surface area contributed by atoms with E-state index in [0.29, 0.717) is 13.2 Å². The number of ether oxygens (including phenoxy) is 2. The number of rotatable bonds is 5. The second kappa shape index (κ2) is 8.11. The average Bonchev–Trinajstić information content (AvgIpc) is 3.41. The third-order valence-corrected chi connectivity index (χ3v) is 11.6. The number of amides is 1. The summed E-state index contributed by atoms with van der Waals surface area (Å²) in [5, 5.41) is 3.80. The third kappa shape index (κ3) is 4.13. The van der Waals surface area contributed by atoms with Crippen LogP contribution in [0.3, 0.4) is 0 Å². The van der Waals surface area contributed by atoms with Gasteiger partial charge in [0.15, 0.2) is 26.2 Å². The van der Waals surface area contributed by atoms with Crippen molar-refractivity contribution >= 4 is 42.1 Å². The molecule has 0 spiro atoms. The number of thioether (sulfide) groups is 1. The molecule has 0 unspecified atom stereocenters. The molecule has 7 nitrogen and oxygen atoms in total. The van der Waals surface area contributed by atoms with Crippen LogP contribution in [0.5, 0.6) is 0 Å². The maximum Gasteiger partial charge on any atom is 0.287 e. The zero-order valence-corrected chi connectivity index (χ0v) is 20.0. The van der Waals surface area contributed by atoms with Crippen LogP contribution >= 0.6 is 11.8 Å². The molecule has 2 fully saturated rings. The molecule has 1 atom stereocenters. The molecule has 0 saturated carbocycles. The first kappa shape index (κ1) is 22.7. The van der Waals surface area contributed by atoms with Gasteiger partial charge in [-0.2, -0.15) is 4.39 Å². The van der Waals surface area contributed by atoms with Gasteiger partial charge < -0.3 is 18.4 Å². The van der Waals surface area contributed by atoms with Gasteiger partial charge >= 0.3 is 0 Å². The van der Waals surface area contributed by atoms with Crippen LogP contribution < -0.4 is 4.90 Å². The van der Waals surface area contributed by atoms with E-state index in [1.165, 1.54) is 11.0 Å². The van der Waals surface area contributed by atoms with Crippen molar-refractivity contribution in [1.82, 2.24) is 5.16 Å². The number of fused-ring (bicyclic) bond motifs is 1. The fourth-order valence-corrected chi connectivity index (χ4v) is 5.33. The molecule has 0 aliphatic carbocycles. The second-order valence-corrected chi connectivity index (χ2v) is 15.3. The molecule has 170 valence electrons. The second-order valence-electron chi connectivity index (χ2n) is 9.24. The summed E-state index contributed by atoms with van der Waals surface area (Å²) in [6.45, 7) is 12.1. The number of hydrogen-bond donors (Lipinski definition) is 0. The van der Waals surface area contributed by atoms with Gasteiger partial charge in [-0.1, -0.05) is 37.7 Å². The lowest BCUT2D eigenvalue weighted by molar-refractivity contribution is -0.0467. The van der Waals surface area contributed by atoms with Gasteiger partial charge in [-0.3, -0.25) is 9.69 Å². The van der Waals surface area contributed by atoms with Gasteiger partial charge in [0.2, 0.25) is 11.4 Å². The Morgan fingerprint density at radius 2 is 1.94 bits per heavy atom. The molecule has 1 aromatic heterocycles. The molecular formula is C20H26F2N2O5SSi. The molecule has 2 aromatic rings. The maximum absolute atomic E-state index is 14.6. The number of carbonyl (C=O) groups is 1. The van der Waals surface area contributed by atoms with Gasteiger partial charge in [-0.15, -0.1) is 0 Å². The van der Waals surface area contributed by atoms with E-state index in [9.17, 15) is 13.6 Å². The highest BCUT2D eigenvalue weighted by molar-refractivity contribution is 8.14. The fourth-order valence-electron chi connectivity index (χ4n) is 3.23. The minimum absolute atomic E-state index is 0.0602. The van der Waals surface area contributed by atoms with E-state index >= 15 is 0 Å². The van der Waals surface area contributed by atoms with Crippen molar-refractivity contribution in [3.05, 3.63) is 23.3 Å². The van der Waals surface area contributed by atoms with Gasteiger partial charge in [0, 0.05) is 18.7 Å². The van der Waals surface area contributed by atoms with Gasteiger partial charge in [-0.05, 0) is 24.2 Å². The van der Waals surface area contributed by atoms with Gasteiger partial charge in [0.05, 0.1) is 23.8 Å². The van der Waals surface area contributed by atoms with Crippen LogP contribution in [0, 0.1) is 11.6 Å². The van der Waals surface area contributed by atoms with Crippen LogP contribution in [0.2, 0.25) is 18.1 Å². The van der Waals surface area contributed by atoms with E-state index in [-0.39, 0.29) is 51.1 Å². The predicted molar refractivity (Wildman–Crippen MR) is 116 cm³/mol. The van der Waals surface area contributed by atoms with Crippen LogP contribution in [0.1, 0.15) is 32.6 Å². The number of benzene rings is 1. The zero-order valence-electron chi connectivity index (χ0n) is 18.2. The quantitative estimate of drug-likeness (QED) is 0.553. The summed E-state index contributed by atoms with van der Waals surface area (Å²) in [4.78, 5) is 14.1. The molecule has 31 heavy (non-hydrogen) atoms. The van der Waals surface area contributed by atoms with E-state index in [2.05, 4.69) is 39.0 Å². The Balaban J connectivity index is 1.58. The Bertz CT molecular complexity index is 1000. The van der Waals surface area contributed by atoms with E-state index < -0.39 is 26.2 Å². The lowest BCUT2D eigenvalue weighted by Gasteiger charge is -2.36. The van der Waals surface area contributed by atoms with E-state index in [1.54, 1.807) is 0 Å². The SMILES string of the molecule is CC(C)(C)[Si](C)(C)OC[C@H]1CN(c2noc3c(F)c(F)c(C4OCCO4)cc23)C(=O)S1. The van der Waals surface area contributed by atoms with Crippen LogP contribution in [0.4, 0.5) is 19.4 Å². The molecule has 0 N–H and O–H groups in total. The third-order valence-electron chi connectivity index (χ3n) is 6.10. The van der Waals surface area contributed by atoms with Crippen LogP contribution in [0.25, 0.3) is 11.0 Å². The number of anilines is 1. The van der Waals surface area contributed by atoms with Crippen LogP contribution in [0.15, 0.2) is 10.6 Å². The van der Waals surface area contributed by atoms with Gasteiger partial charge in [0.1, 0.15) is 0 Å². The van der Waals surface area contributed by atoms with E-state index in [4.69, 9.17) is 18.4 Å². The zero-order chi connectivity index (χ0) is 22.6. The molecule has 0 radical (unpaired) electrons. The summed E-state index contributed by atoms with van der Waals surface area (Å²) in [6, 6.07) is 1.38. The largest absolute Gasteiger partial charge is 0.416 e. The molecule has 1 amide bonds. The van der Waals surface area contributed by atoms with Gasteiger partial charge in [-0.25, -0.2) is 4.39 Å². The summed E-state index contributed by atoms with van der Waals surface area (Å²) in [6.07, 6.45) is -1.00. The standard InChI is InChI=1S/C20H26F2N2O5SSi/c1-20(2,3)31(4,5)28-10-11-9-24(19(25)30-11)17-13-8-12(18-26-6-7-27-18)14(21)15(22)16(13)29-23-17/h8,11,18H,6-7,9-10H2,1-5H3/t11-/m1/s1. The van der Waals surface area contributed by atoms with Crippen molar-refractivity contribution in [3.8, 4) is 0 Å². The first-order valence-electron chi connectivity index (χ1n) is 10.1. The molecular weight excluding hydrogens is 446 g/mol. The molecule has 2 aliphatic rings. The Kier molecular flexibility index (Phi) is 5.92. The highest BCUT2D eigenvalue weighted by atomic mass is 32.2. The molecule has 4 rings (SSSR count). The number of halogens is 2. The Labute approximate surface area is 184 Å². The Hall–Kier alpha value is -1.53. The fraction of sp³-hybridized carbons (Fsp3) is 0.600. The molecule has 1 aromatic carbocycles. The van der Waals surface area contributed by atoms with Crippen molar-refractivity contribution < 1.29 is 32.0 Å². The summed E-state index contributed by atoms with van der Waals surface area (Å²) in [5.41, 5.74) is -0.419. The summed E-state index contributed by atoms with van der Waals surface area (Å²) in [7, 11) is -1.96. The number of carbonyl (C=O) groups excluding carboxylic acids is 1. The normalized spacial score (nSPS) is 21.1. The summed E-state index contributed by atoms with van der Waals surface area (Å²) >= 11 is 1.15. The number of nitrogens with zero attached hydrogens (tertiary/aromatic N) is 2. The van der Waals surface area contributed by atoms with E-state index in [0.717, 1.165) is 11.8 Å². The Morgan fingerprint density at radius 3 is 2.58 bits per heavy atom. The Morgan fingerprint density at radius 1 is 1.26 bits per heavy atom. The maximum atomic E-state index is 14.6. The highest BCUT2D eigenvalue weighted by Gasteiger charge is 2.41. The number of hydrogen-bond acceptors (Lipinski definition) is 7.